The van der Waals surface area contributed by atoms with Gasteiger partial charge in [0.15, 0.2) is 0 Å². The summed E-state index contributed by atoms with van der Waals surface area (Å²) in [5.41, 5.74) is 2.67. The highest BCUT2D eigenvalue weighted by Crippen LogP contribution is 2.27. The number of fused-ring (bicyclic) bond motifs is 1. The standard InChI is InChI=1S/C19H14ClFN4O2S/c1-12-18(23-19-22-8-3-9-25(12)19)13-4-2-5-14(10-13)24-28(26,27)15-6-7-17(21)16(20)11-15/h2-11,24H,1H3. The van der Waals surface area contributed by atoms with Gasteiger partial charge in [-0.1, -0.05) is 23.7 Å². The van der Waals surface area contributed by atoms with Gasteiger partial charge in [-0.15, -0.1) is 0 Å². The van der Waals surface area contributed by atoms with Gasteiger partial charge in [0.25, 0.3) is 10.0 Å². The van der Waals surface area contributed by atoms with Gasteiger partial charge >= 0.3 is 0 Å². The van der Waals surface area contributed by atoms with Crippen LogP contribution >= 0.6 is 11.6 Å². The number of benzene rings is 2. The molecule has 2 aromatic carbocycles. The monoisotopic (exact) mass is 416 g/mol. The van der Waals surface area contributed by atoms with E-state index in [9.17, 15) is 12.8 Å². The number of nitrogens with one attached hydrogen (secondary N) is 1. The molecule has 0 radical (unpaired) electrons. The molecule has 0 fully saturated rings. The topological polar surface area (TPSA) is 76.4 Å². The number of imidazole rings is 1. The van der Waals surface area contributed by atoms with E-state index in [-0.39, 0.29) is 9.92 Å². The van der Waals surface area contributed by atoms with Crippen LogP contribution in [-0.4, -0.2) is 22.8 Å². The second-order valence-corrected chi connectivity index (χ2v) is 8.19. The third kappa shape index (κ3) is 3.32. The maximum absolute atomic E-state index is 13.3. The van der Waals surface area contributed by atoms with Gasteiger partial charge < -0.3 is 0 Å². The van der Waals surface area contributed by atoms with E-state index in [1.807, 2.05) is 29.7 Å². The van der Waals surface area contributed by atoms with Crippen LogP contribution in [0.1, 0.15) is 5.69 Å². The summed E-state index contributed by atoms with van der Waals surface area (Å²) in [5, 5.41) is -0.260. The van der Waals surface area contributed by atoms with Crippen molar-refractivity contribution in [2.75, 3.05) is 4.72 Å². The third-order valence-electron chi connectivity index (χ3n) is 4.23. The molecule has 0 bridgehead atoms. The quantitative estimate of drug-likeness (QED) is 0.538. The Morgan fingerprint density at radius 1 is 1.14 bits per heavy atom. The summed E-state index contributed by atoms with van der Waals surface area (Å²) in [7, 11) is -3.93. The average Bonchev–Trinajstić information content (AvgIpc) is 3.01. The Morgan fingerprint density at radius 3 is 2.71 bits per heavy atom. The fourth-order valence-corrected chi connectivity index (χ4v) is 4.18. The van der Waals surface area contributed by atoms with Crippen LogP contribution in [0.15, 0.2) is 65.8 Å². The molecule has 0 saturated heterocycles. The number of rotatable bonds is 4. The molecular weight excluding hydrogens is 403 g/mol. The molecule has 0 amide bonds. The molecule has 0 saturated carbocycles. The summed E-state index contributed by atoms with van der Waals surface area (Å²) in [5.74, 6) is -0.125. The van der Waals surface area contributed by atoms with Gasteiger partial charge in [-0.2, -0.15) is 0 Å². The molecular formula is C19H14ClFN4O2S. The van der Waals surface area contributed by atoms with Crippen molar-refractivity contribution < 1.29 is 12.8 Å². The molecule has 0 unspecified atom stereocenters. The van der Waals surface area contributed by atoms with Gasteiger partial charge in [-0.3, -0.25) is 9.12 Å². The van der Waals surface area contributed by atoms with Gasteiger partial charge in [0, 0.05) is 29.3 Å². The van der Waals surface area contributed by atoms with Crippen LogP contribution in [0.3, 0.4) is 0 Å². The Hall–Kier alpha value is -2.97. The van der Waals surface area contributed by atoms with E-state index in [2.05, 4.69) is 14.7 Å². The van der Waals surface area contributed by atoms with Crippen LogP contribution in [0.5, 0.6) is 0 Å². The van der Waals surface area contributed by atoms with Crippen molar-refractivity contribution in [2.24, 2.45) is 0 Å². The second-order valence-electron chi connectivity index (χ2n) is 6.10. The first-order chi connectivity index (χ1) is 13.3. The van der Waals surface area contributed by atoms with Crippen LogP contribution in [0.25, 0.3) is 17.0 Å². The van der Waals surface area contributed by atoms with Crippen molar-refractivity contribution in [3.05, 3.63) is 77.5 Å². The maximum Gasteiger partial charge on any atom is 0.261 e. The summed E-state index contributed by atoms with van der Waals surface area (Å²) in [4.78, 5) is 8.61. The van der Waals surface area contributed by atoms with Crippen LogP contribution in [0, 0.1) is 12.7 Å². The van der Waals surface area contributed by atoms with Crippen molar-refractivity contribution in [1.29, 1.82) is 0 Å². The lowest BCUT2D eigenvalue weighted by molar-refractivity contribution is 0.599. The van der Waals surface area contributed by atoms with Crippen molar-refractivity contribution in [2.45, 2.75) is 11.8 Å². The first kappa shape index (κ1) is 18.4. The SMILES string of the molecule is Cc1c(-c2cccc(NS(=O)(=O)c3ccc(F)c(Cl)c3)c2)nc2ncccn12. The predicted octanol–water partition coefficient (Wildman–Crippen LogP) is 4.30. The van der Waals surface area contributed by atoms with E-state index in [0.29, 0.717) is 17.2 Å². The predicted molar refractivity (Wildman–Crippen MR) is 105 cm³/mol. The molecule has 0 aliphatic heterocycles. The number of aromatic nitrogens is 3. The highest BCUT2D eigenvalue weighted by atomic mass is 35.5. The van der Waals surface area contributed by atoms with Crippen LogP contribution in [0.4, 0.5) is 10.1 Å². The smallest absolute Gasteiger partial charge is 0.261 e. The van der Waals surface area contributed by atoms with Crippen LogP contribution in [-0.2, 0) is 10.0 Å². The van der Waals surface area contributed by atoms with Crippen LogP contribution in [0.2, 0.25) is 5.02 Å². The number of sulfonamides is 1. The minimum absolute atomic E-state index is 0.127. The molecule has 0 spiro atoms. The highest BCUT2D eigenvalue weighted by Gasteiger charge is 2.17. The van der Waals surface area contributed by atoms with Gasteiger partial charge in [0.1, 0.15) is 5.82 Å². The lowest BCUT2D eigenvalue weighted by Gasteiger charge is -2.10. The van der Waals surface area contributed by atoms with Gasteiger partial charge in [0.05, 0.1) is 15.6 Å². The number of nitrogens with zero attached hydrogens (tertiary/aromatic N) is 3. The van der Waals surface area contributed by atoms with Gasteiger partial charge in [-0.05, 0) is 43.3 Å². The Morgan fingerprint density at radius 2 is 1.96 bits per heavy atom. The molecule has 4 aromatic rings. The fourth-order valence-electron chi connectivity index (χ4n) is 2.86. The van der Waals surface area contributed by atoms with E-state index in [1.54, 1.807) is 24.4 Å². The lowest BCUT2D eigenvalue weighted by atomic mass is 10.1. The zero-order chi connectivity index (χ0) is 19.9. The molecule has 6 nitrogen and oxygen atoms in total. The van der Waals surface area contributed by atoms with E-state index in [4.69, 9.17) is 11.6 Å². The number of halogens is 2. The Labute approximate surface area is 165 Å². The zero-order valence-corrected chi connectivity index (χ0v) is 16.2. The Kier molecular flexibility index (Phi) is 4.52. The molecule has 2 heterocycles. The normalized spacial score (nSPS) is 11.7. The minimum Gasteiger partial charge on any atom is -0.288 e. The molecule has 2 aromatic heterocycles. The molecule has 9 heteroatoms. The Balaban J connectivity index is 1.70. The molecule has 0 aliphatic rings. The summed E-state index contributed by atoms with van der Waals surface area (Å²) in [6.07, 6.45) is 3.52. The second kappa shape index (κ2) is 6.88. The third-order valence-corrected chi connectivity index (χ3v) is 5.90. The van der Waals surface area contributed by atoms with Gasteiger partial charge in [-0.25, -0.2) is 22.8 Å². The number of anilines is 1. The fraction of sp³-hybridized carbons (Fsp3) is 0.0526. The molecule has 0 atom stereocenters. The summed E-state index contributed by atoms with van der Waals surface area (Å²) >= 11 is 5.70. The minimum atomic E-state index is -3.93. The lowest BCUT2D eigenvalue weighted by Crippen LogP contribution is -2.13. The molecule has 0 aliphatic carbocycles. The van der Waals surface area contributed by atoms with Crippen molar-refractivity contribution in [3.63, 3.8) is 0 Å². The first-order valence-electron chi connectivity index (χ1n) is 8.23. The molecule has 1 N–H and O–H groups in total. The first-order valence-corrected chi connectivity index (χ1v) is 10.1. The van der Waals surface area contributed by atoms with E-state index in [0.717, 1.165) is 29.5 Å². The molecule has 28 heavy (non-hydrogen) atoms. The number of hydrogen-bond donors (Lipinski definition) is 1. The van der Waals surface area contributed by atoms with Crippen LogP contribution < -0.4 is 4.72 Å². The Bertz CT molecular complexity index is 1300. The highest BCUT2D eigenvalue weighted by molar-refractivity contribution is 7.92. The largest absolute Gasteiger partial charge is 0.288 e. The van der Waals surface area contributed by atoms with Gasteiger partial charge in [0.2, 0.25) is 5.78 Å². The average molecular weight is 417 g/mol. The summed E-state index contributed by atoms with van der Waals surface area (Å²) in [6.45, 7) is 1.91. The van der Waals surface area contributed by atoms with E-state index < -0.39 is 15.8 Å². The maximum atomic E-state index is 13.3. The summed E-state index contributed by atoms with van der Waals surface area (Å²) in [6, 6.07) is 11.9. The van der Waals surface area contributed by atoms with Crippen molar-refractivity contribution in [1.82, 2.24) is 14.4 Å². The number of hydrogen-bond acceptors (Lipinski definition) is 4. The van der Waals surface area contributed by atoms with Crippen molar-refractivity contribution >= 4 is 33.1 Å². The van der Waals surface area contributed by atoms with E-state index in [1.165, 1.54) is 0 Å². The zero-order valence-electron chi connectivity index (χ0n) is 14.6. The molecule has 4 rings (SSSR count). The molecule has 142 valence electrons. The van der Waals surface area contributed by atoms with E-state index >= 15 is 0 Å². The summed E-state index contributed by atoms with van der Waals surface area (Å²) < 4.78 is 42.9. The van der Waals surface area contributed by atoms with Crippen molar-refractivity contribution in [3.8, 4) is 11.3 Å². The number of aryl methyl sites for hydroxylation is 1.